The van der Waals surface area contributed by atoms with Crippen LogP contribution < -0.4 is 5.32 Å². The van der Waals surface area contributed by atoms with E-state index in [1.165, 1.54) is 6.92 Å². The second-order valence-corrected chi connectivity index (χ2v) is 3.18. The van der Waals surface area contributed by atoms with Crippen molar-refractivity contribution in [1.29, 1.82) is 5.26 Å². The second-order valence-electron chi connectivity index (χ2n) is 3.18. The Labute approximate surface area is 81.7 Å². The number of carbonyl (C=O) groups excluding carboxylic acids is 1. The van der Waals surface area contributed by atoms with Crippen LogP contribution in [0.4, 0.5) is 5.88 Å². The lowest BCUT2D eigenvalue weighted by Gasteiger charge is -1.96. The van der Waals surface area contributed by atoms with E-state index < -0.39 is 0 Å². The summed E-state index contributed by atoms with van der Waals surface area (Å²) >= 11 is 0. The first-order valence-electron chi connectivity index (χ1n) is 4.23. The standard InChI is InChI=1S/C9H11N3O2/c1-5(2)8-12-7(4-10)9(14-8)11-6(3)13/h5H,1-3H3,(H,11,13). The van der Waals surface area contributed by atoms with Crippen LogP contribution in [0.25, 0.3) is 0 Å². The minimum atomic E-state index is -0.284. The molecular formula is C9H11N3O2. The first kappa shape index (κ1) is 10.3. The predicted octanol–water partition coefficient (Wildman–Crippen LogP) is 1.63. The Bertz CT molecular complexity index is 387. The van der Waals surface area contributed by atoms with E-state index in [-0.39, 0.29) is 23.4 Å². The average Bonchev–Trinajstić information content (AvgIpc) is 2.46. The van der Waals surface area contributed by atoms with Crippen molar-refractivity contribution in [2.45, 2.75) is 26.7 Å². The highest BCUT2D eigenvalue weighted by molar-refractivity contribution is 5.88. The van der Waals surface area contributed by atoms with Gasteiger partial charge in [0.25, 0.3) is 0 Å². The SMILES string of the molecule is CC(=O)Nc1oc(C(C)C)nc1C#N. The molecular weight excluding hydrogens is 182 g/mol. The van der Waals surface area contributed by atoms with Gasteiger partial charge in [0.05, 0.1) is 0 Å². The van der Waals surface area contributed by atoms with Crippen LogP contribution >= 0.6 is 0 Å². The zero-order chi connectivity index (χ0) is 10.7. The van der Waals surface area contributed by atoms with Crippen LogP contribution in [0.2, 0.25) is 0 Å². The van der Waals surface area contributed by atoms with Gasteiger partial charge in [-0.2, -0.15) is 5.26 Å². The Balaban J connectivity index is 3.04. The fourth-order valence-corrected chi connectivity index (χ4v) is 0.904. The first-order chi connectivity index (χ1) is 6.54. The molecule has 74 valence electrons. The van der Waals surface area contributed by atoms with Crippen LogP contribution in [0.5, 0.6) is 0 Å². The molecule has 0 atom stereocenters. The molecule has 1 amide bonds. The van der Waals surface area contributed by atoms with Gasteiger partial charge >= 0.3 is 0 Å². The Morgan fingerprint density at radius 2 is 2.29 bits per heavy atom. The third-order valence-corrected chi connectivity index (χ3v) is 1.53. The number of nitrogens with one attached hydrogen (secondary N) is 1. The van der Waals surface area contributed by atoms with Crippen molar-refractivity contribution in [3.05, 3.63) is 11.6 Å². The van der Waals surface area contributed by atoms with Crippen molar-refractivity contribution in [2.24, 2.45) is 0 Å². The van der Waals surface area contributed by atoms with Gasteiger partial charge in [-0.15, -0.1) is 0 Å². The number of oxazole rings is 1. The van der Waals surface area contributed by atoms with Crippen LogP contribution in [-0.4, -0.2) is 10.9 Å². The van der Waals surface area contributed by atoms with Gasteiger partial charge in [0.2, 0.25) is 23.4 Å². The van der Waals surface area contributed by atoms with Gasteiger partial charge in [-0.25, -0.2) is 4.98 Å². The molecule has 1 aromatic heterocycles. The van der Waals surface area contributed by atoms with E-state index in [9.17, 15) is 4.79 Å². The Morgan fingerprint density at radius 3 is 2.71 bits per heavy atom. The maximum absolute atomic E-state index is 10.8. The molecule has 0 spiro atoms. The summed E-state index contributed by atoms with van der Waals surface area (Å²) < 4.78 is 5.21. The van der Waals surface area contributed by atoms with Crippen molar-refractivity contribution >= 4 is 11.8 Å². The molecule has 1 rings (SSSR count). The highest BCUT2D eigenvalue weighted by atomic mass is 16.4. The van der Waals surface area contributed by atoms with Gasteiger partial charge in [0.15, 0.2) is 0 Å². The van der Waals surface area contributed by atoms with Gasteiger partial charge in [0, 0.05) is 12.8 Å². The summed E-state index contributed by atoms with van der Waals surface area (Å²) in [6.07, 6.45) is 0. The summed E-state index contributed by atoms with van der Waals surface area (Å²) in [6.45, 7) is 5.13. The minimum absolute atomic E-state index is 0.0876. The zero-order valence-corrected chi connectivity index (χ0v) is 8.29. The Morgan fingerprint density at radius 1 is 1.64 bits per heavy atom. The zero-order valence-electron chi connectivity index (χ0n) is 8.29. The highest BCUT2D eigenvalue weighted by Crippen LogP contribution is 2.21. The van der Waals surface area contributed by atoms with Crippen molar-refractivity contribution in [2.75, 3.05) is 5.32 Å². The summed E-state index contributed by atoms with van der Waals surface area (Å²) in [7, 11) is 0. The molecule has 0 bridgehead atoms. The van der Waals surface area contributed by atoms with Crippen LogP contribution in [-0.2, 0) is 4.79 Å². The smallest absolute Gasteiger partial charge is 0.238 e. The number of anilines is 1. The fourth-order valence-electron chi connectivity index (χ4n) is 0.904. The number of carbonyl (C=O) groups is 1. The summed E-state index contributed by atoms with van der Waals surface area (Å²) in [5.74, 6) is 0.381. The number of nitriles is 1. The monoisotopic (exact) mass is 193 g/mol. The van der Waals surface area contributed by atoms with E-state index >= 15 is 0 Å². The van der Waals surface area contributed by atoms with Gasteiger partial charge in [-0.05, 0) is 0 Å². The van der Waals surface area contributed by atoms with E-state index in [1.807, 2.05) is 19.9 Å². The summed E-state index contributed by atoms with van der Waals surface area (Å²) in [5.41, 5.74) is 0.115. The molecule has 1 N–H and O–H groups in total. The maximum Gasteiger partial charge on any atom is 0.238 e. The predicted molar refractivity (Wildman–Crippen MR) is 49.6 cm³/mol. The molecule has 0 unspecified atom stereocenters. The van der Waals surface area contributed by atoms with Crippen LogP contribution in [0, 0.1) is 11.3 Å². The number of hydrogen-bond donors (Lipinski definition) is 1. The average molecular weight is 193 g/mol. The number of amides is 1. The Hall–Kier alpha value is -1.83. The lowest BCUT2D eigenvalue weighted by atomic mass is 10.2. The van der Waals surface area contributed by atoms with E-state index in [0.717, 1.165) is 0 Å². The van der Waals surface area contributed by atoms with Crippen molar-refractivity contribution in [3.8, 4) is 6.07 Å². The molecule has 0 fully saturated rings. The maximum atomic E-state index is 10.8. The molecule has 0 radical (unpaired) electrons. The largest absolute Gasteiger partial charge is 0.423 e. The number of hydrogen-bond acceptors (Lipinski definition) is 4. The summed E-state index contributed by atoms with van der Waals surface area (Å²) in [4.78, 5) is 14.7. The normalized spacial score (nSPS) is 9.93. The lowest BCUT2D eigenvalue weighted by molar-refractivity contribution is -0.114. The molecule has 0 aliphatic rings. The molecule has 0 aliphatic carbocycles. The second kappa shape index (κ2) is 3.92. The van der Waals surface area contributed by atoms with Gasteiger partial charge in [-0.1, -0.05) is 13.8 Å². The minimum Gasteiger partial charge on any atom is -0.423 e. The Kier molecular flexibility index (Phi) is 2.87. The molecule has 0 aliphatic heterocycles. The van der Waals surface area contributed by atoms with Gasteiger partial charge in [0.1, 0.15) is 6.07 Å². The van der Waals surface area contributed by atoms with Crippen molar-refractivity contribution < 1.29 is 9.21 Å². The first-order valence-corrected chi connectivity index (χ1v) is 4.23. The van der Waals surface area contributed by atoms with E-state index in [1.54, 1.807) is 0 Å². The quantitative estimate of drug-likeness (QED) is 0.774. The highest BCUT2D eigenvalue weighted by Gasteiger charge is 2.15. The van der Waals surface area contributed by atoms with Crippen LogP contribution in [0.3, 0.4) is 0 Å². The topological polar surface area (TPSA) is 78.9 Å². The number of aromatic nitrogens is 1. The molecule has 5 nitrogen and oxygen atoms in total. The van der Waals surface area contributed by atoms with Crippen molar-refractivity contribution in [3.63, 3.8) is 0 Å². The van der Waals surface area contributed by atoms with E-state index in [2.05, 4.69) is 10.3 Å². The van der Waals surface area contributed by atoms with Gasteiger partial charge in [-0.3, -0.25) is 10.1 Å². The molecule has 1 heterocycles. The number of rotatable bonds is 2. The molecule has 1 aromatic rings. The molecule has 0 aromatic carbocycles. The van der Waals surface area contributed by atoms with Crippen LogP contribution in [0.1, 0.15) is 38.3 Å². The molecule has 0 saturated carbocycles. The van der Waals surface area contributed by atoms with Gasteiger partial charge < -0.3 is 4.42 Å². The van der Waals surface area contributed by atoms with E-state index in [4.69, 9.17) is 9.68 Å². The summed E-state index contributed by atoms with van der Waals surface area (Å²) in [5, 5.41) is 11.1. The van der Waals surface area contributed by atoms with Crippen LogP contribution in [0.15, 0.2) is 4.42 Å². The third-order valence-electron chi connectivity index (χ3n) is 1.53. The molecule has 14 heavy (non-hydrogen) atoms. The molecule has 5 heteroatoms. The molecule has 0 saturated heterocycles. The fraction of sp³-hybridized carbons (Fsp3) is 0.444. The third kappa shape index (κ3) is 2.10. The summed E-state index contributed by atoms with van der Waals surface area (Å²) in [6, 6.07) is 1.86. The van der Waals surface area contributed by atoms with Crippen molar-refractivity contribution in [1.82, 2.24) is 4.98 Å². The van der Waals surface area contributed by atoms with E-state index in [0.29, 0.717) is 5.89 Å². The number of nitrogens with zero attached hydrogens (tertiary/aromatic N) is 2. The lowest BCUT2D eigenvalue weighted by Crippen LogP contribution is -2.05.